The van der Waals surface area contributed by atoms with E-state index in [1.807, 2.05) is 12.1 Å². The summed E-state index contributed by atoms with van der Waals surface area (Å²) in [7, 11) is -3.44. The average molecular weight is 444 g/mol. The maximum absolute atomic E-state index is 12.5. The van der Waals surface area contributed by atoms with Crippen LogP contribution in [0.2, 0.25) is 0 Å². The number of carbonyl (C=O) groups excluding carboxylic acids is 2. The van der Waals surface area contributed by atoms with E-state index in [-0.39, 0.29) is 37.1 Å². The zero-order chi connectivity index (χ0) is 22.4. The number of sulfonamides is 1. The first-order valence-corrected chi connectivity index (χ1v) is 11.5. The van der Waals surface area contributed by atoms with Gasteiger partial charge in [0.15, 0.2) is 6.10 Å². The number of fused-ring (bicyclic) bond motifs is 1. The van der Waals surface area contributed by atoms with Crippen LogP contribution in [0.25, 0.3) is 0 Å². The van der Waals surface area contributed by atoms with Crippen molar-refractivity contribution in [2.24, 2.45) is 0 Å². The molecule has 2 aromatic rings. The Hall–Kier alpha value is -3.17. The zero-order valence-corrected chi connectivity index (χ0v) is 18.0. The number of rotatable bonds is 9. The highest BCUT2D eigenvalue weighted by Crippen LogP contribution is 2.33. The SMILES string of the molecule is C=CCNS(=O)(=O)Cc1ccc(NC(=O)CCN2C(=O)C(C)Oc3ccccc32)cc1. The first kappa shape index (κ1) is 22.5. The fourth-order valence-electron chi connectivity index (χ4n) is 3.17. The molecule has 0 saturated heterocycles. The first-order valence-electron chi connectivity index (χ1n) is 9.83. The molecule has 0 aromatic heterocycles. The Morgan fingerprint density at radius 2 is 1.90 bits per heavy atom. The predicted octanol–water partition coefficient (Wildman–Crippen LogP) is 2.43. The van der Waals surface area contributed by atoms with Crippen LogP contribution in [0.4, 0.5) is 11.4 Å². The van der Waals surface area contributed by atoms with Crippen LogP contribution < -0.4 is 19.7 Å². The number of hydrogen-bond acceptors (Lipinski definition) is 5. The van der Waals surface area contributed by atoms with Crippen LogP contribution in [0.1, 0.15) is 18.9 Å². The highest BCUT2D eigenvalue weighted by atomic mass is 32.2. The molecular weight excluding hydrogens is 418 g/mol. The molecule has 164 valence electrons. The molecule has 0 saturated carbocycles. The molecule has 1 aliphatic heterocycles. The minimum absolute atomic E-state index is 0.106. The van der Waals surface area contributed by atoms with E-state index < -0.39 is 16.1 Å². The number of nitrogens with zero attached hydrogens (tertiary/aromatic N) is 1. The lowest BCUT2D eigenvalue weighted by Gasteiger charge is -2.32. The van der Waals surface area contributed by atoms with Gasteiger partial charge < -0.3 is 15.0 Å². The summed E-state index contributed by atoms with van der Waals surface area (Å²) in [5.74, 6) is 0.00826. The molecule has 2 aromatic carbocycles. The Balaban J connectivity index is 1.57. The second-order valence-electron chi connectivity index (χ2n) is 7.11. The molecule has 1 aliphatic rings. The summed E-state index contributed by atoms with van der Waals surface area (Å²) < 4.78 is 31.9. The van der Waals surface area contributed by atoms with E-state index in [0.717, 1.165) is 0 Å². The van der Waals surface area contributed by atoms with E-state index in [1.165, 1.54) is 6.08 Å². The summed E-state index contributed by atoms with van der Waals surface area (Å²) in [5.41, 5.74) is 1.79. The van der Waals surface area contributed by atoms with E-state index in [0.29, 0.717) is 22.7 Å². The van der Waals surface area contributed by atoms with Gasteiger partial charge in [0, 0.05) is 25.2 Å². The van der Waals surface area contributed by atoms with Crippen LogP contribution in [-0.4, -0.2) is 39.4 Å². The van der Waals surface area contributed by atoms with Crippen molar-refractivity contribution in [2.45, 2.75) is 25.2 Å². The minimum Gasteiger partial charge on any atom is -0.479 e. The van der Waals surface area contributed by atoms with Gasteiger partial charge in [0.25, 0.3) is 5.91 Å². The van der Waals surface area contributed by atoms with Crippen molar-refractivity contribution >= 4 is 33.2 Å². The molecule has 2 amide bonds. The summed E-state index contributed by atoms with van der Waals surface area (Å²) in [4.78, 5) is 26.4. The van der Waals surface area contributed by atoms with Gasteiger partial charge in [-0.3, -0.25) is 9.59 Å². The van der Waals surface area contributed by atoms with Crippen LogP contribution in [0.5, 0.6) is 5.75 Å². The van der Waals surface area contributed by atoms with Gasteiger partial charge in [0.2, 0.25) is 15.9 Å². The normalized spacial score (nSPS) is 15.7. The lowest BCUT2D eigenvalue weighted by molar-refractivity contribution is -0.125. The molecule has 0 aliphatic carbocycles. The zero-order valence-electron chi connectivity index (χ0n) is 17.2. The summed E-state index contributed by atoms with van der Waals surface area (Å²) in [5, 5.41) is 2.77. The molecule has 2 N–H and O–H groups in total. The van der Waals surface area contributed by atoms with Gasteiger partial charge in [-0.2, -0.15) is 0 Å². The lowest BCUT2D eigenvalue weighted by Crippen LogP contribution is -2.45. The van der Waals surface area contributed by atoms with E-state index in [9.17, 15) is 18.0 Å². The summed E-state index contributed by atoms with van der Waals surface area (Å²) >= 11 is 0. The molecule has 9 heteroatoms. The van der Waals surface area contributed by atoms with E-state index in [1.54, 1.807) is 48.2 Å². The smallest absolute Gasteiger partial charge is 0.267 e. The van der Waals surface area contributed by atoms with Gasteiger partial charge in [-0.1, -0.05) is 30.3 Å². The fraction of sp³-hybridized carbons (Fsp3) is 0.273. The summed E-state index contributed by atoms with van der Waals surface area (Å²) in [6.07, 6.45) is 0.969. The summed E-state index contributed by atoms with van der Waals surface area (Å²) in [6, 6.07) is 13.8. The van der Waals surface area contributed by atoms with Crippen molar-refractivity contribution in [3.63, 3.8) is 0 Å². The van der Waals surface area contributed by atoms with Crippen molar-refractivity contribution < 1.29 is 22.7 Å². The van der Waals surface area contributed by atoms with Crippen molar-refractivity contribution in [3.8, 4) is 5.75 Å². The van der Waals surface area contributed by atoms with E-state index >= 15 is 0 Å². The average Bonchev–Trinajstić information content (AvgIpc) is 2.74. The van der Waals surface area contributed by atoms with E-state index in [2.05, 4.69) is 16.6 Å². The largest absolute Gasteiger partial charge is 0.479 e. The number of benzene rings is 2. The number of ether oxygens (including phenoxy) is 1. The van der Waals surface area contributed by atoms with Gasteiger partial charge in [-0.15, -0.1) is 6.58 Å². The molecule has 31 heavy (non-hydrogen) atoms. The lowest BCUT2D eigenvalue weighted by atomic mass is 10.1. The number of carbonyl (C=O) groups is 2. The molecule has 1 unspecified atom stereocenters. The number of amides is 2. The maximum atomic E-state index is 12.5. The Labute approximate surface area is 181 Å². The van der Waals surface area contributed by atoms with Gasteiger partial charge in [0.1, 0.15) is 5.75 Å². The molecule has 8 nitrogen and oxygen atoms in total. The van der Waals surface area contributed by atoms with Crippen LogP contribution in [0.15, 0.2) is 61.2 Å². The third-order valence-electron chi connectivity index (χ3n) is 4.68. The third-order valence-corrected chi connectivity index (χ3v) is 6.00. The predicted molar refractivity (Wildman–Crippen MR) is 119 cm³/mol. The molecule has 0 fully saturated rings. The molecule has 0 spiro atoms. The Morgan fingerprint density at radius 1 is 1.19 bits per heavy atom. The number of anilines is 2. The van der Waals surface area contributed by atoms with Gasteiger partial charge in [-0.05, 0) is 36.8 Å². The first-order chi connectivity index (χ1) is 14.8. The highest BCUT2D eigenvalue weighted by Gasteiger charge is 2.31. The monoisotopic (exact) mass is 443 g/mol. The Bertz CT molecular complexity index is 1070. The second kappa shape index (κ2) is 9.76. The van der Waals surface area contributed by atoms with Crippen LogP contribution in [0.3, 0.4) is 0 Å². The quantitative estimate of drug-likeness (QED) is 0.579. The fourth-order valence-corrected chi connectivity index (χ4v) is 4.27. The van der Waals surface area contributed by atoms with Crippen molar-refractivity contribution in [1.82, 2.24) is 4.72 Å². The number of hydrogen-bond donors (Lipinski definition) is 2. The number of nitrogens with one attached hydrogen (secondary N) is 2. The third kappa shape index (κ3) is 5.93. The molecule has 1 heterocycles. The topological polar surface area (TPSA) is 105 Å². The van der Waals surface area contributed by atoms with Crippen LogP contribution >= 0.6 is 0 Å². The Kier molecular flexibility index (Phi) is 7.09. The molecule has 0 bridgehead atoms. The van der Waals surface area contributed by atoms with Gasteiger partial charge in [0.05, 0.1) is 11.4 Å². The molecule has 0 radical (unpaired) electrons. The standard InChI is InChI=1S/C22H25N3O5S/c1-3-13-23-31(28,29)15-17-8-10-18(11-9-17)24-21(26)12-14-25-19-6-4-5-7-20(19)30-16(2)22(25)27/h3-11,16,23H,1,12-15H2,2H3,(H,24,26). The minimum atomic E-state index is -3.44. The van der Waals surface area contributed by atoms with Crippen molar-refractivity contribution in [1.29, 1.82) is 0 Å². The maximum Gasteiger partial charge on any atom is 0.267 e. The van der Waals surface area contributed by atoms with Crippen LogP contribution in [-0.2, 0) is 25.4 Å². The molecular formula is C22H25N3O5S. The summed E-state index contributed by atoms with van der Waals surface area (Å²) in [6.45, 7) is 5.55. The van der Waals surface area contributed by atoms with Crippen molar-refractivity contribution in [2.75, 3.05) is 23.3 Å². The van der Waals surface area contributed by atoms with Gasteiger partial charge >= 0.3 is 0 Å². The van der Waals surface area contributed by atoms with Crippen molar-refractivity contribution in [3.05, 3.63) is 66.7 Å². The van der Waals surface area contributed by atoms with Gasteiger partial charge in [-0.25, -0.2) is 13.1 Å². The second-order valence-corrected chi connectivity index (χ2v) is 8.92. The number of para-hydroxylation sites is 2. The molecule has 3 rings (SSSR count). The molecule has 1 atom stereocenters. The Morgan fingerprint density at radius 3 is 2.61 bits per heavy atom. The van der Waals surface area contributed by atoms with E-state index in [4.69, 9.17) is 4.74 Å². The highest BCUT2D eigenvalue weighted by molar-refractivity contribution is 7.88. The van der Waals surface area contributed by atoms with Crippen LogP contribution in [0, 0.1) is 0 Å².